The molecule has 1 aromatic carbocycles. The van der Waals surface area contributed by atoms with Gasteiger partial charge in [-0.15, -0.1) is 0 Å². The standard InChI is InChI=1S/C11H7BrFNO2/c12-7-3-4-16-11(7)10(15)6-1-2-9(14)8(13)5-6/h1-5H,14H2. The van der Waals surface area contributed by atoms with E-state index in [4.69, 9.17) is 10.2 Å². The van der Waals surface area contributed by atoms with Gasteiger partial charge in [0.2, 0.25) is 5.78 Å². The van der Waals surface area contributed by atoms with E-state index in [0.717, 1.165) is 6.07 Å². The molecule has 2 rings (SSSR count). The summed E-state index contributed by atoms with van der Waals surface area (Å²) in [6.45, 7) is 0. The number of carbonyl (C=O) groups is 1. The van der Waals surface area contributed by atoms with E-state index >= 15 is 0 Å². The van der Waals surface area contributed by atoms with Gasteiger partial charge < -0.3 is 10.2 Å². The summed E-state index contributed by atoms with van der Waals surface area (Å²) in [6, 6.07) is 5.49. The van der Waals surface area contributed by atoms with Gasteiger partial charge in [-0.3, -0.25) is 4.79 Å². The van der Waals surface area contributed by atoms with Crippen LogP contribution in [0, 0.1) is 5.82 Å². The Labute approximate surface area is 99.2 Å². The number of furan rings is 1. The fourth-order valence-electron chi connectivity index (χ4n) is 1.26. The maximum absolute atomic E-state index is 13.2. The lowest BCUT2D eigenvalue weighted by Crippen LogP contribution is -2.02. The third-order valence-corrected chi connectivity index (χ3v) is 2.71. The first kappa shape index (κ1) is 10.9. The fraction of sp³-hybridized carbons (Fsp3) is 0. The minimum atomic E-state index is -0.617. The lowest BCUT2D eigenvalue weighted by atomic mass is 10.1. The van der Waals surface area contributed by atoms with Gasteiger partial charge in [0, 0.05) is 5.56 Å². The Morgan fingerprint density at radius 2 is 2.12 bits per heavy atom. The molecule has 0 saturated heterocycles. The van der Waals surface area contributed by atoms with E-state index in [0.29, 0.717) is 4.47 Å². The number of anilines is 1. The minimum absolute atomic E-state index is 0.00932. The van der Waals surface area contributed by atoms with Gasteiger partial charge in [0.1, 0.15) is 5.82 Å². The van der Waals surface area contributed by atoms with E-state index in [2.05, 4.69) is 15.9 Å². The van der Waals surface area contributed by atoms with E-state index in [9.17, 15) is 9.18 Å². The lowest BCUT2D eigenvalue weighted by Gasteiger charge is -2.00. The predicted octanol–water partition coefficient (Wildman–Crippen LogP) is 2.99. The largest absolute Gasteiger partial charge is 0.460 e. The third-order valence-electron chi connectivity index (χ3n) is 2.09. The molecule has 3 nitrogen and oxygen atoms in total. The number of carbonyl (C=O) groups excluding carboxylic acids is 1. The summed E-state index contributed by atoms with van der Waals surface area (Å²) >= 11 is 3.16. The van der Waals surface area contributed by atoms with Gasteiger partial charge in [-0.1, -0.05) is 0 Å². The molecule has 5 heteroatoms. The van der Waals surface area contributed by atoms with Crippen molar-refractivity contribution in [3.05, 3.63) is 52.1 Å². The van der Waals surface area contributed by atoms with E-state index in [1.807, 2.05) is 0 Å². The second-order valence-electron chi connectivity index (χ2n) is 3.16. The number of hydrogen-bond acceptors (Lipinski definition) is 3. The SMILES string of the molecule is Nc1ccc(C(=O)c2occc2Br)cc1F. The predicted molar refractivity (Wildman–Crippen MR) is 60.7 cm³/mol. The molecule has 0 unspecified atom stereocenters. The second kappa shape index (κ2) is 4.09. The first-order valence-electron chi connectivity index (χ1n) is 4.42. The molecular formula is C11H7BrFNO2. The van der Waals surface area contributed by atoms with E-state index in [1.165, 1.54) is 18.4 Å². The molecule has 0 atom stereocenters. The van der Waals surface area contributed by atoms with Gasteiger partial charge in [0.25, 0.3) is 0 Å². The molecular weight excluding hydrogens is 277 g/mol. The molecule has 0 aliphatic rings. The van der Waals surface area contributed by atoms with Crippen molar-refractivity contribution < 1.29 is 13.6 Å². The molecule has 0 aliphatic carbocycles. The van der Waals surface area contributed by atoms with E-state index in [-0.39, 0.29) is 17.0 Å². The van der Waals surface area contributed by atoms with Gasteiger partial charge in [0.15, 0.2) is 5.76 Å². The van der Waals surface area contributed by atoms with E-state index in [1.54, 1.807) is 6.07 Å². The van der Waals surface area contributed by atoms with Crippen LogP contribution >= 0.6 is 15.9 Å². The van der Waals surface area contributed by atoms with Crippen LogP contribution in [-0.2, 0) is 0 Å². The summed E-state index contributed by atoms with van der Waals surface area (Å²) in [5, 5.41) is 0. The number of nitrogen functional groups attached to an aromatic ring is 1. The van der Waals surface area contributed by atoms with Gasteiger partial charge in [-0.05, 0) is 40.2 Å². The number of hydrogen-bond donors (Lipinski definition) is 1. The molecule has 0 bridgehead atoms. The smallest absolute Gasteiger partial charge is 0.229 e. The fourth-order valence-corrected chi connectivity index (χ4v) is 1.64. The van der Waals surface area contributed by atoms with Crippen molar-refractivity contribution in [2.24, 2.45) is 0 Å². The zero-order chi connectivity index (χ0) is 11.7. The van der Waals surface area contributed by atoms with Crippen molar-refractivity contribution >= 4 is 27.4 Å². The van der Waals surface area contributed by atoms with Crippen molar-refractivity contribution in [3.8, 4) is 0 Å². The summed E-state index contributed by atoms with van der Waals surface area (Å²) in [6.07, 6.45) is 1.38. The van der Waals surface area contributed by atoms with Crippen molar-refractivity contribution in [1.29, 1.82) is 0 Å². The molecule has 16 heavy (non-hydrogen) atoms. The van der Waals surface area contributed by atoms with Gasteiger partial charge in [-0.25, -0.2) is 4.39 Å². The molecule has 0 aliphatic heterocycles. The first-order valence-corrected chi connectivity index (χ1v) is 5.21. The molecule has 0 saturated carbocycles. The summed E-state index contributed by atoms with van der Waals surface area (Å²) in [5.41, 5.74) is 5.52. The van der Waals surface area contributed by atoms with Crippen LogP contribution in [0.25, 0.3) is 0 Å². The molecule has 82 valence electrons. The summed E-state index contributed by atoms with van der Waals surface area (Å²) in [5.74, 6) is -0.867. The molecule has 1 heterocycles. The zero-order valence-corrected chi connectivity index (χ0v) is 9.62. The average Bonchev–Trinajstić information content (AvgIpc) is 2.67. The van der Waals surface area contributed by atoms with Crippen molar-refractivity contribution in [2.75, 3.05) is 5.73 Å². The monoisotopic (exact) mass is 283 g/mol. The van der Waals surface area contributed by atoms with Crippen LogP contribution in [0.2, 0.25) is 0 Å². The number of nitrogens with two attached hydrogens (primary N) is 1. The Morgan fingerprint density at radius 3 is 2.69 bits per heavy atom. The zero-order valence-electron chi connectivity index (χ0n) is 8.04. The Bertz CT molecular complexity index is 551. The van der Waals surface area contributed by atoms with Gasteiger partial charge in [0.05, 0.1) is 16.4 Å². The second-order valence-corrected chi connectivity index (χ2v) is 4.02. The quantitative estimate of drug-likeness (QED) is 0.681. The molecule has 2 aromatic rings. The molecule has 1 aromatic heterocycles. The van der Waals surface area contributed by atoms with Crippen molar-refractivity contribution in [3.63, 3.8) is 0 Å². The van der Waals surface area contributed by atoms with Crippen LogP contribution in [0.4, 0.5) is 10.1 Å². The minimum Gasteiger partial charge on any atom is -0.460 e. The molecule has 2 N–H and O–H groups in total. The van der Waals surface area contributed by atoms with Gasteiger partial charge in [-0.2, -0.15) is 0 Å². The van der Waals surface area contributed by atoms with Crippen LogP contribution in [0.5, 0.6) is 0 Å². The van der Waals surface area contributed by atoms with Crippen LogP contribution in [-0.4, -0.2) is 5.78 Å². The average molecular weight is 284 g/mol. The normalized spacial score (nSPS) is 10.4. The maximum Gasteiger partial charge on any atom is 0.229 e. The molecule has 0 amide bonds. The highest BCUT2D eigenvalue weighted by atomic mass is 79.9. The van der Waals surface area contributed by atoms with Crippen LogP contribution in [0.1, 0.15) is 16.1 Å². The Hall–Kier alpha value is -1.62. The highest BCUT2D eigenvalue weighted by molar-refractivity contribution is 9.10. The van der Waals surface area contributed by atoms with Crippen molar-refractivity contribution in [2.45, 2.75) is 0 Å². The van der Waals surface area contributed by atoms with Gasteiger partial charge >= 0.3 is 0 Å². The molecule has 0 radical (unpaired) electrons. The van der Waals surface area contributed by atoms with Crippen LogP contribution < -0.4 is 5.73 Å². The third kappa shape index (κ3) is 1.86. The van der Waals surface area contributed by atoms with Crippen LogP contribution in [0.3, 0.4) is 0 Å². The topological polar surface area (TPSA) is 56.2 Å². The highest BCUT2D eigenvalue weighted by Gasteiger charge is 2.16. The number of rotatable bonds is 2. The first-order chi connectivity index (χ1) is 7.59. The number of benzene rings is 1. The molecule has 0 spiro atoms. The maximum atomic E-state index is 13.2. The number of halogens is 2. The summed E-state index contributed by atoms with van der Waals surface area (Å²) in [4.78, 5) is 11.9. The van der Waals surface area contributed by atoms with Crippen LogP contribution in [0.15, 0.2) is 39.4 Å². The van der Waals surface area contributed by atoms with Crippen molar-refractivity contribution in [1.82, 2.24) is 0 Å². The van der Waals surface area contributed by atoms with E-state index < -0.39 is 11.6 Å². The Balaban J connectivity index is 2.42. The molecule has 0 fully saturated rings. The Kier molecular flexibility index (Phi) is 2.78. The number of ketones is 1. The highest BCUT2D eigenvalue weighted by Crippen LogP contribution is 2.22. The lowest BCUT2D eigenvalue weighted by molar-refractivity contribution is 0.101. The Morgan fingerprint density at radius 1 is 1.38 bits per heavy atom. The summed E-state index contributed by atoms with van der Waals surface area (Å²) < 4.78 is 18.7. The summed E-state index contributed by atoms with van der Waals surface area (Å²) in [7, 11) is 0.